The van der Waals surface area contributed by atoms with E-state index in [9.17, 15) is 9.50 Å². The first-order chi connectivity index (χ1) is 6.85. The third kappa shape index (κ3) is 1.67. The summed E-state index contributed by atoms with van der Waals surface area (Å²) in [6.07, 6.45) is 2.02. The molecule has 82 valence electrons. The Kier molecular flexibility index (Phi) is 2.16. The lowest BCUT2D eigenvalue weighted by atomic mass is 9.81. The molecule has 1 fully saturated rings. The average Bonchev–Trinajstić information content (AvgIpc) is 2.83. The van der Waals surface area contributed by atoms with Crippen LogP contribution in [-0.4, -0.2) is 5.11 Å². The normalized spacial score (nSPS) is 22.2. The maximum absolute atomic E-state index is 13.3. The van der Waals surface area contributed by atoms with Crippen LogP contribution in [0, 0.1) is 18.2 Å². The predicted molar refractivity (Wildman–Crippen MR) is 58.0 cm³/mol. The lowest BCUT2D eigenvalue weighted by Gasteiger charge is -2.31. The smallest absolute Gasteiger partial charge is 0.123 e. The van der Waals surface area contributed by atoms with Gasteiger partial charge in [-0.1, -0.05) is 13.0 Å². The van der Waals surface area contributed by atoms with Crippen LogP contribution in [0.3, 0.4) is 0 Å². The lowest BCUT2D eigenvalue weighted by molar-refractivity contribution is -0.0129. The van der Waals surface area contributed by atoms with E-state index < -0.39 is 5.60 Å². The van der Waals surface area contributed by atoms with Crippen molar-refractivity contribution in [1.29, 1.82) is 0 Å². The van der Waals surface area contributed by atoms with Crippen molar-refractivity contribution in [1.82, 2.24) is 0 Å². The van der Waals surface area contributed by atoms with E-state index in [0.29, 0.717) is 5.56 Å². The maximum atomic E-state index is 13.3. The number of halogens is 1. The molecular weight excluding hydrogens is 191 g/mol. The van der Waals surface area contributed by atoms with Crippen molar-refractivity contribution >= 4 is 0 Å². The molecule has 0 aromatic heterocycles. The van der Waals surface area contributed by atoms with E-state index in [4.69, 9.17) is 0 Å². The van der Waals surface area contributed by atoms with E-state index in [1.54, 1.807) is 6.92 Å². The van der Waals surface area contributed by atoms with Crippen molar-refractivity contribution in [3.8, 4) is 0 Å². The first-order valence-corrected chi connectivity index (χ1v) is 5.35. The van der Waals surface area contributed by atoms with Gasteiger partial charge in [0.15, 0.2) is 0 Å². The van der Waals surface area contributed by atoms with Crippen molar-refractivity contribution < 1.29 is 9.50 Å². The second kappa shape index (κ2) is 3.05. The zero-order valence-corrected chi connectivity index (χ0v) is 9.47. The van der Waals surface area contributed by atoms with Gasteiger partial charge in [-0.15, -0.1) is 0 Å². The number of hydrogen-bond donors (Lipinski definition) is 1. The molecule has 1 aliphatic carbocycles. The molecule has 15 heavy (non-hydrogen) atoms. The van der Waals surface area contributed by atoms with Crippen molar-refractivity contribution in [3.05, 3.63) is 35.1 Å². The summed E-state index contributed by atoms with van der Waals surface area (Å²) in [4.78, 5) is 0. The molecule has 1 aromatic carbocycles. The largest absolute Gasteiger partial charge is 0.385 e. The van der Waals surface area contributed by atoms with Crippen LogP contribution in [0.2, 0.25) is 0 Å². The Hall–Kier alpha value is -0.890. The Morgan fingerprint density at radius 1 is 1.33 bits per heavy atom. The molecule has 0 spiro atoms. The molecule has 1 nitrogen and oxygen atoms in total. The quantitative estimate of drug-likeness (QED) is 0.791. The van der Waals surface area contributed by atoms with Gasteiger partial charge in [0.1, 0.15) is 5.82 Å². The van der Waals surface area contributed by atoms with Crippen LogP contribution in [0.25, 0.3) is 0 Å². The molecule has 1 aliphatic rings. The third-order valence-electron chi connectivity index (χ3n) is 3.78. The number of hydrogen-bond acceptors (Lipinski definition) is 1. The summed E-state index contributed by atoms with van der Waals surface area (Å²) in [5, 5.41) is 10.5. The molecule has 1 aromatic rings. The van der Waals surface area contributed by atoms with Gasteiger partial charge in [-0.05, 0) is 49.9 Å². The van der Waals surface area contributed by atoms with Gasteiger partial charge in [0.2, 0.25) is 0 Å². The minimum Gasteiger partial charge on any atom is -0.385 e. The van der Waals surface area contributed by atoms with Gasteiger partial charge >= 0.3 is 0 Å². The van der Waals surface area contributed by atoms with Crippen molar-refractivity contribution in [2.45, 2.75) is 39.2 Å². The highest BCUT2D eigenvalue weighted by molar-refractivity contribution is 5.31. The number of rotatable bonds is 2. The Morgan fingerprint density at radius 3 is 2.40 bits per heavy atom. The molecule has 0 heterocycles. The Balaban J connectivity index is 2.44. The van der Waals surface area contributed by atoms with Crippen molar-refractivity contribution in [2.75, 3.05) is 0 Å². The molecule has 2 heteroatoms. The molecule has 2 rings (SSSR count). The number of aliphatic hydroxyl groups is 1. The Bertz CT molecular complexity index is 371. The third-order valence-corrected chi connectivity index (χ3v) is 3.78. The van der Waals surface area contributed by atoms with E-state index in [0.717, 1.165) is 18.4 Å². The van der Waals surface area contributed by atoms with Crippen molar-refractivity contribution in [2.24, 2.45) is 5.41 Å². The van der Waals surface area contributed by atoms with E-state index in [-0.39, 0.29) is 11.2 Å². The van der Waals surface area contributed by atoms with Crippen LogP contribution in [0.4, 0.5) is 4.39 Å². The average molecular weight is 208 g/mol. The molecule has 1 saturated carbocycles. The molecule has 0 aliphatic heterocycles. The number of benzene rings is 1. The molecular formula is C13H17FO. The van der Waals surface area contributed by atoms with Gasteiger partial charge in [0.25, 0.3) is 0 Å². The highest BCUT2D eigenvalue weighted by atomic mass is 19.1. The standard InChI is InChI=1S/C13H17FO/c1-9-6-10(8-11(14)7-9)13(3,15)12(2)4-5-12/h6-8,15H,4-5H2,1-3H3. The van der Waals surface area contributed by atoms with E-state index in [1.807, 2.05) is 19.9 Å². The summed E-state index contributed by atoms with van der Waals surface area (Å²) in [6, 6.07) is 4.79. The molecule has 0 saturated heterocycles. The second-order valence-electron chi connectivity index (χ2n) is 5.15. The van der Waals surface area contributed by atoms with Crippen LogP contribution in [0.15, 0.2) is 18.2 Å². The van der Waals surface area contributed by atoms with Crippen LogP contribution in [0.1, 0.15) is 37.8 Å². The molecule has 1 N–H and O–H groups in total. The molecule has 1 atom stereocenters. The molecule has 1 unspecified atom stereocenters. The fourth-order valence-electron chi connectivity index (χ4n) is 2.04. The van der Waals surface area contributed by atoms with E-state index in [1.165, 1.54) is 12.1 Å². The molecule has 0 radical (unpaired) electrons. The summed E-state index contributed by atoms with van der Waals surface area (Å²) in [5.41, 5.74) is 0.558. The summed E-state index contributed by atoms with van der Waals surface area (Å²) >= 11 is 0. The van der Waals surface area contributed by atoms with Gasteiger partial charge < -0.3 is 5.11 Å². The summed E-state index contributed by atoms with van der Waals surface area (Å²) in [5.74, 6) is -0.269. The first kappa shape index (κ1) is 10.6. The highest BCUT2D eigenvalue weighted by Crippen LogP contribution is 2.57. The first-order valence-electron chi connectivity index (χ1n) is 5.35. The predicted octanol–water partition coefficient (Wildman–Crippen LogP) is 3.14. The monoisotopic (exact) mass is 208 g/mol. The van der Waals surface area contributed by atoms with Crippen LogP contribution in [-0.2, 0) is 5.60 Å². The van der Waals surface area contributed by atoms with E-state index in [2.05, 4.69) is 0 Å². The van der Waals surface area contributed by atoms with Gasteiger partial charge in [-0.25, -0.2) is 4.39 Å². The SMILES string of the molecule is Cc1cc(F)cc(C(C)(O)C2(C)CC2)c1. The van der Waals surface area contributed by atoms with Crippen LogP contribution in [0.5, 0.6) is 0 Å². The Labute approximate surface area is 89.9 Å². The molecule has 0 bridgehead atoms. The zero-order chi connectivity index (χ0) is 11.3. The van der Waals surface area contributed by atoms with Gasteiger partial charge in [-0.3, -0.25) is 0 Å². The van der Waals surface area contributed by atoms with Crippen LogP contribution >= 0.6 is 0 Å². The lowest BCUT2D eigenvalue weighted by Crippen LogP contribution is -2.31. The second-order valence-corrected chi connectivity index (χ2v) is 5.15. The molecule has 0 amide bonds. The van der Waals surface area contributed by atoms with Gasteiger partial charge in [0, 0.05) is 5.41 Å². The highest BCUT2D eigenvalue weighted by Gasteiger charge is 2.53. The van der Waals surface area contributed by atoms with E-state index >= 15 is 0 Å². The van der Waals surface area contributed by atoms with Crippen LogP contribution < -0.4 is 0 Å². The summed E-state index contributed by atoms with van der Waals surface area (Å²) in [7, 11) is 0. The van der Waals surface area contributed by atoms with Gasteiger partial charge in [0.05, 0.1) is 5.60 Å². The fraction of sp³-hybridized carbons (Fsp3) is 0.538. The zero-order valence-electron chi connectivity index (χ0n) is 9.47. The fourth-order valence-corrected chi connectivity index (χ4v) is 2.04. The topological polar surface area (TPSA) is 20.2 Å². The van der Waals surface area contributed by atoms with Gasteiger partial charge in [-0.2, -0.15) is 0 Å². The maximum Gasteiger partial charge on any atom is 0.123 e. The Morgan fingerprint density at radius 2 is 1.93 bits per heavy atom. The minimum absolute atomic E-state index is 0.0762. The number of aryl methyl sites for hydroxylation is 1. The minimum atomic E-state index is -0.917. The van der Waals surface area contributed by atoms with Crippen molar-refractivity contribution in [3.63, 3.8) is 0 Å². The summed E-state index contributed by atoms with van der Waals surface area (Å²) < 4.78 is 13.3. The summed E-state index contributed by atoms with van der Waals surface area (Å²) in [6.45, 7) is 5.68.